The minimum atomic E-state index is -0.609. The van der Waals surface area contributed by atoms with E-state index in [0.717, 1.165) is 33.5 Å². The van der Waals surface area contributed by atoms with Crippen molar-refractivity contribution in [2.45, 2.75) is 92.8 Å². The van der Waals surface area contributed by atoms with Gasteiger partial charge in [-0.1, -0.05) is 27.7 Å². The van der Waals surface area contributed by atoms with Crippen molar-refractivity contribution < 1.29 is 19.0 Å². The van der Waals surface area contributed by atoms with E-state index in [2.05, 4.69) is 55.1 Å². The van der Waals surface area contributed by atoms with Crippen LogP contribution in [-0.4, -0.2) is 75.1 Å². The fourth-order valence-corrected chi connectivity index (χ4v) is 7.79. The van der Waals surface area contributed by atoms with Gasteiger partial charge in [-0.05, 0) is 101 Å². The number of aryl methyl sites for hydroxylation is 4. The van der Waals surface area contributed by atoms with Crippen LogP contribution in [0.2, 0.25) is 0 Å². The summed E-state index contributed by atoms with van der Waals surface area (Å²) in [6.07, 6.45) is 4.60. The van der Waals surface area contributed by atoms with Crippen molar-refractivity contribution in [3.63, 3.8) is 0 Å². The molecule has 14 nitrogen and oxygen atoms in total. The fourth-order valence-electron chi connectivity index (χ4n) is 7.79. The maximum atomic E-state index is 13.1. The number of benzene rings is 2. The number of likely N-dealkylation sites (N-methyl/N-ethyl adjacent to an activating group) is 2. The van der Waals surface area contributed by atoms with Crippen LogP contribution < -0.4 is 25.9 Å². The standard InChI is InChI=1S/C27H34N4O4.C22H26N4O2/c1-16(2)11-19(30(7)26(33)35-27(4,5)6)15-34-23-13-22-21(12-18(23)14-28)20-9-10-29-17(3)24(20)25(32)31(22)8;1-13(2)8-16(24-4)12-28-20-10-19-18(9-15(20)11-23)17-6-7-25-14(3)21(17)22(27)26(19)5/h9-10,12-13,16,19H,11,15H2,1-8H3;6-7,9-10,13,16,24H,8,12H2,1-5H3/t19-;16-/m00/s1. The Morgan fingerprint density at radius 1 is 0.762 bits per heavy atom. The Balaban J connectivity index is 0.000000243. The smallest absolute Gasteiger partial charge is 0.410 e. The normalized spacial score (nSPS) is 12.5. The molecule has 14 heteroatoms. The Labute approximate surface area is 369 Å². The molecule has 1 amide bonds. The fraction of sp³-hybridized carbons (Fsp3) is 0.449. The molecule has 0 aliphatic heterocycles. The third-order valence-corrected chi connectivity index (χ3v) is 11.1. The van der Waals surface area contributed by atoms with Gasteiger partial charge in [-0.2, -0.15) is 10.5 Å². The minimum absolute atomic E-state index is 0.100. The number of amides is 1. The highest BCUT2D eigenvalue weighted by Crippen LogP contribution is 2.32. The zero-order valence-corrected chi connectivity index (χ0v) is 38.8. The SMILES string of the molecule is CN[C@H](COc1cc2c(cc1C#N)c1ccnc(C)c1c(=O)n2C)CC(C)C.Cc1nccc2c1c(=O)n(C)c1cc(OC[C@H](CC(C)C)N(C)C(=O)OC(C)(C)C)c(C#N)cc21. The van der Waals surface area contributed by atoms with Crippen LogP contribution in [0.25, 0.3) is 43.4 Å². The van der Waals surface area contributed by atoms with E-state index >= 15 is 0 Å². The number of nitrogens with one attached hydrogen (secondary N) is 1. The number of hydrogen-bond acceptors (Lipinski definition) is 11. The van der Waals surface area contributed by atoms with Crippen molar-refractivity contribution in [3.05, 3.63) is 92.0 Å². The Morgan fingerprint density at radius 3 is 1.60 bits per heavy atom. The molecule has 6 rings (SSSR count). The number of nitriles is 2. The number of aromatic nitrogens is 4. The van der Waals surface area contributed by atoms with Crippen molar-refractivity contribution in [2.75, 3.05) is 27.3 Å². The molecule has 4 aromatic heterocycles. The van der Waals surface area contributed by atoms with Crippen LogP contribution in [0.15, 0.2) is 58.4 Å². The van der Waals surface area contributed by atoms with Crippen molar-refractivity contribution in [1.29, 1.82) is 10.5 Å². The first-order chi connectivity index (χ1) is 29.7. The molecule has 1 N–H and O–H groups in total. The second kappa shape index (κ2) is 19.7. The van der Waals surface area contributed by atoms with Gasteiger partial charge in [-0.25, -0.2) is 4.79 Å². The van der Waals surface area contributed by atoms with Gasteiger partial charge in [-0.3, -0.25) is 19.6 Å². The second-order valence-corrected chi connectivity index (χ2v) is 17.9. The van der Waals surface area contributed by atoms with Crippen molar-refractivity contribution >= 4 is 49.4 Å². The minimum Gasteiger partial charge on any atom is -0.490 e. The highest BCUT2D eigenvalue weighted by molar-refractivity contribution is 6.08. The van der Waals surface area contributed by atoms with Gasteiger partial charge < -0.3 is 33.6 Å². The summed E-state index contributed by atoms with van der Waals surface area (Å²) in [5, 5.41) is 27.1. The average molecular weight is 857 g/mol. The van der Waals surface area contributed by atoms with Gasteiger partial charge in [0.2, 0.25) is 0 Å². The van der Waals surface area contributed by atoms with Gasteiger partial charge in [0.1, 0.15) is 42.5 Å². The predicted octanol–water partition coefficient (Wildman–Crippen LogP) is 8.21. The summed E-state index contributed by atoms with van der Waals surface area (Å²) >= 11 is 0. The molecular weight excluding hydrogens is 797 g/mol. The van der Waals surface area contributed by atoms with E-state index in [0.29, 0.717) is 75.2 Å². The van der Waals surface area contributed by atoms with E-state index in [1.54, 1.807) is 78.8 Å². The number of pyridine rings is 4. The highest BCUT2D eigenvalue weighted by Gasteiger charge is 2.27. The van der Waals surface area contributed by atoms with E-state index < -0.39 is 11.7 Å². The summed E-state index contributed by atoms with van der Waals surface area (Å²) in [5.41, 5.74) is 2.67. The number of fused-ring (bicyclic) bond motifs is 6. The lowest BCUT2D eigenvalue weighted by molar-refractivity contribution is 0.0153. The Morgan fingerprint density at radius 2 is 1.21 bits per heavy atom. The third-order valence-electron chi connectivity index (χ3n) is 11.1. The molecular formula is C49H60N8O6. The maximum absolute atomic E-state index is 13.1. The number of nitrogens with zero attached hydrogens (tertiary/aromatic N) is 7. The second-order valence-electron chi connectivity index (χ2n) is 17.9. The molecule has 0 unspecified atom stereocenters. The van der Waals surface area contributed by atoms with Crippen LogP contribution in [0.5, 0.6) is 11.5 Å². The molecule has 0 saturated heterocycles. The van der Waals surface area contributed by atoms with Crippen LogP contribution in [0.4, 0.5) is 4.79 Å². The summed E-state index contributed by atoms with van der Waals surface area (Å²) in [4.78, 5) is 48.7. The number of carbonyl (C=O) groups excluding carboxylic acids is 1. The van der Waals surface area contributed by atoms with Gasteiger partial charge >= 0.3 is 6.09 Å². The number of rotatable bonds is 12. The summed E-state index contributed by atoms with van der Waals surface area (Å²) in [6, 6.07) is 15.1. The van der Waals surface area contributed by atoms with E-state index in [-0.39, 0.29) is 29.8 Å². The molecule has 332 valence electrons. The molecule has 0 aliphatic rings. The van der Waals surface area contributed by atoms with E-state index in [4.69, 9.17) is 14.2 Å². The third kappa shape index (κ3) is 10.6. The van der Waals surface area contributed by atoms with E-state index in [1.807, 2.05) is 46.9 Å². The van der Waals surface area contributed by atoms with E-state index in [1.165, 1.54) is 0 Å². The van der Waals surface area contributed by atoms with Crippen LogP contribution >= 0.6 is 0 Å². The lowest BCUT2D eigenvalue weighted by atomic mass is 10.0. The summed E-state index contributed by atoms with van der Waals surface area (Å²) in [5.74, 6) is 1.72. The van der Waals surface area contributed by atoms with Crippen molar-refractivity contribution in [1.82, 2.24) is 29.3 Å². The zero-order valence-electron chi connectivity index (χ0n) is 38.8. The molecule has 0 saturated carbocycles. The number of ether oxygens (including phenoxy) is 3. The van der Waals surface area contributed by atoms with E-state index in [9.17, 15) is 24.9 Å². The molecule has 2 atom stereocenters. The molecule has 2 aromatic carbocycles. The lowest BCUT2D eigenvalue weighted by Crippen LogP contribution is -2.44. The van der Waals surface area contributed by atoms with Gasteiger partial charge in [-0.15, -0.1) is 0 Å². The molecule has 63 heavy (non-hydrogen) atoms. The van der Waals surface area contributed by atoms with Crippen LogP contribution in [-0.2, 0) is 18.8 Å². The van der Waals surface area contributed by atoms with Crippen LogP contribution in [0.3, 0.4) is 0 Å². The quantitative estimate of drug-likeness (QED) is 0.117. The molecule has 6 aromatic rings. The largest absolute Gasteiger partial charge is 0.490 e. The first kappa shape index (κ1) is 47.5. The number of hydrogen-bond donors (Lipinski definition) is 1. The topological polar surface area (TPSA) is 177 Å². The molecule has 0 aliphatic carbocycles. The van der Waals surface area contributed by atoms with Crippen LogP contribution in [0, 0.1) is 48.3 Å². The Kier molecular flexibility index (Phi) is 14.9. The molecule has 0 fully saturated rings. The monoisotopic (exact) mass is 856 g/mol. The molecule has 0 spiro atoms. The van der Waals surface area contributed by atoms with Gasteiger partial charge in [0.25, 0.3) is 11.1 Å². The number of carbonyl (C=O) groups is 1. The Hall–Kier alpha value is -6.51. The maximum Gasteiger partial charge on any atom is 0.410 e. The highest BCUT2D eigenvalue weighted by atomic mass is 16.6. The predicted molar refractivity (Wildman–Crippen MR) is 248 cm³/mol. The van der Waals surface area contributed by atoms with Crippen molar-refractivity contribution in [3.8, 4) is 23.6 Å². The van der Waals surface area contributed by atoms with Gasteiger partial charge in [0.15, 0.2) is 0 Å². The molecule has 0 radical (unpaired) electrons. The van der Waals surface area contributed by atoms with Crippen molar-refractivity contribution in [2.24, 2.45) is 25.9 Å². The first-order valence-corrected chi connectivity index (χ1v) is 21.2. The zero-order chi connectivity index (χ0) is 46.5. The average Bonchev–Trinajstić information content (AvgIpc) is 3.23. The summed E-state index contributed by atoms with van der Waals surface area (Å²) < 4.78 is 20.8. The Bertz CT molecular complexity index is 2880. The molecule has 4 heterocycles. The summed E-state index contributed by atoms with van der Waals surface area (Å²) in [6.45, 7) is 18.2. The molecule has 0 bridgehead atoms. The van der Waals surface area contributed by atoms with Gasteiger partial charge in [0, 0.05) is 62.5 Å². The van der Waals surface area contributed by atoms with Gasteiger partial charge in [0.05, 0.1) is 50.4 Å². The van der Waals surface area contributed by atoms with Crippen LogP contribution in [0.1, 0.15) is 83.8 Å². The lowest BCUT2D eigenvalue weighted by Gasteiger charge is -2.31. The first-order valence-electron chi connectivity index (χ1n) is 21.2. The summed E-state index contributed by atoms with van der Waals surface area (Å²) in [7, 11) is 7.04.